The standard InChI is InChI=1S/C17H23F2NO3/c18-13-6-7-16(15(19)10-13)23-8-2-5-17(22)20-11-12-3-1-4-14(21)9-12/h6-7,10,12,14,21H,1-5,8-9,11H2,(H,20,22). The van der Waals surface area contributed by atoms with Gasteiger partial charge in [0.1, 0.15) is 5.82 Å². The first-order chi connectivity index (χ1) is 11.0. The molecule has 1 aliphatic rings. The fraction of sp³-hybridized carbons (Fsp3) is 0.588. The van der Waals surface area contributed by atoms with E-state index in [0.29, 0.717) is 18.9 Å². The fourth-order valence-electron chi connectivity index (χ4n) is 2.80. The number of benzene rings is 1. The molecule has 0 heterocycles. The van der Waals surface area contributed by atoms with Crippen molar-refractivity contribution in [2.24, 2.45) is 5.92 Å². The van der Waals surface area contributed by atoms with Crippen molar-refractivity contribution in [3.63, 3.8) is 0 Å². The first kappa shape index (κ1) is 17.7. The average molecular weight is 327 g/mol. The van der Waals surface area contributed by atoms with Gasteiger partial charge in [-0.1, -0.05) is 6.42 Å². The summed E-state index contributed by atoms with van der Waals surface area (Å²) < 4.78 is 31.3. The van der Waals surface area contributed by atoms with Crippen LogP contribution < -0.4 is 10.1 Å². The maximum absolute atomic E-state index is 13.3. The van der Waals surface area contributed by atoms with E-state index in [4.69, 9.17) is 4.74 Å². The summed E-state index contributed by atoms with van der Waals surface area (Å²) in [5, 5.41) is 12.4. The highest BCUT2D eigenvalue weighted by atomic mass is 19.1. The lowest BCUT2D eigenvalue weighted by atomic mass is 9.87. The summed E-state index contributed by atoms with van der Waals surface area (Å²) in [7, 11) is 0. The van der Waals surface area contributed by atoms with Crippen molar-refractivity contribution in [3.8, 4) is 5.75 Å². The quantitative estimate of drug-likeness (QED) is 0.757. The van der Waals surface area contributed by atoms with E-state index in [2.05, 4.69) is 5.32 Å². The number of aliphatic hydroxyl groups excluding tert-OH is 1. The van der Waals surface area contributed by atoms with Gasteiger partial charge >= 0.3 is 0 Å². The predicted molar refractivity (Wildman–Crippen MR) is 82.1 cm³/mol. The minimum absolute atomic E-state index is 0.0111. The average Bonchev–Trinajstić information content (AvgIpc) is 2.51. The van der Waals surface area contributed by atoms with Crippen LogP contribution in [0.5, 0.6) is 5.75 Å². The number of aliphatic hydroxyl groups is 1. The monoisotopic (exact) mass is 327 g/mol. The van der Waals surface area contributed by atoms with Crippen molar-refractivity contribution >= 4 is 5.91 Å². The molecule has 1 fully saturated rings. The van der Waals surface area contributed by atoms with Gasteiger partial charge in [-0.3, -0.25) is 4.79 Å². The third kappa shape index (κ3) is 6.14. The number of carbonyl (C=O) groups excluding carboxylic acids is 1. The number of ether oxygens (including phenoxy) is 1. The Hall–Kier alpha value is -1.69. The smallest absolute Gasteiger partial charge is 0.220 e. The van der Waals surface area contributed by atoms with E-state index in [9.17, 15) is 18.7 Å². The molecule has 1 saturated carbocycles. The molecule has 4 nitrogen and oxygen atoms in total. The molecule has 1 aromatic carbocycles. The number of hydrogen-bond acceptors (Lipinski definition) is 3. The van der Waals surface area contributed by atoms with Crippen LogP contribution in [0.15, 0.2) is 18.2 Å². The van der Waals surface area contributed by atoms with E-state index >= 15 is 0 Å². The van der Waals surface area contributed by atoms with Crippen LogP contribution in [-0.4, -0.2) is 30.3 Å². The molecule has 0 radical (unpaired) electrons. The third-order valence-corrected chi connectivity index (χ3v) is 4.04. The predicted octanol–water partition coefficient (Wildman–Crippen LogP) is 2.79. The molecule has 128 valence electrons. The molecule has 2 atom stereocenters. The van der Waals surface area contributed by atoms with Gasteiger partial charge in [-0.15, -0.1) is 0 Å². The summed E-state index contributed by atoms with van der Waals surface area (Å²) in [6, 6.07) is 3.13. The molecule has 2 N–H and O–H groups in total. The molecule has 2 unspecified atom stereocenters. The van der Waals surface area contributed by atoms with Gasteiger partial charge in [-0.2, -0.15) is 0 Å². The van der Waals surface area contributed by atoms with E-state index in [0.717, 1.165) is 37.8 Å². The van der Waals surface area contributed by atoms with Crippen molar-refractivity contribution in [2.75, 3.05) is 13.2 Å². The lowest BCUT2D eigenvalue weighted by Gasteiger charge is -2.25. The Morgan fingerprint density at radius 1 is 1.35 bits per heavy atom. The van der Waals surface area contributed by atoms with Gasteiger partial charge in [-0.25, -0.2) is 8.78 Å². The Morgan fingerprint density at radius 3 is 2.91 bits per heavy atom. The molecule has 1 aliphatic carbocycles. The van der Waals surface area contributed by atoms with E-state index in [1.54, 1.807) is 0 Å². The molecular weight excluding hydrogens is 304 g/mol. The molecular formula is C17H23F2NO3. The Bertz CT molecular complexity index is 525. The molecule has 0 aliphatic heterocycles. The van der Waals surface area contributed by atoms with Crippen LogP contribution in [0.4, 0.5) is 8.78 Å². The van der Waals surface area contributed by atoms with E-state index in [1.807, 2.05) is 0 Å². The zero-order valence-corrected chi connectivity index (χ0v) is 13.1. The Labute approximate surface area is 134 Å². The third-order valence-electron chi connectivity index (χ3n) is 4.04. The summed E-state index contributed by atoms with van der Waals surface area (Å²) in [5.74, 6) is -1.14. The fourth-order valence-corrected chi connectivity index (χ4v) is 2.80. The molecule has 2 rings (SSSR count). The van der Waals surface area contributed by atoms with Crippen LogP contribution in [-0.2, 0) is 4.79 Å². The molecule has 0 aromatic heterocycles. The Morgan fingerprint density at radius 2 is 2.17 bits per heavy atom. The normalized spacial score (nSPS) is 21.0. The van der Waals surface area contributed by atoms with Gasteiger partial charge in [0.2, 0.25) is 5.91 Å². The minimum atomic E-state index is -0.745. The van der Waals surface area contributed by atoms with Crippen LogP contribution >= 0.6 is 0 Å². The molecule has 0 saturated heterocycles. The minimum Gasteiger partial charge on any atom is -0.491 e. The van der Waals surface area contributed by atoms with E-state index in [1.165, 1.54) is 6.07 Å². The number of hydrogen-bond donors (Lipinski definition) is 2. The number of halogens is 2. The summed E-state index contributed by atoms with van der Waals surface area (Å²) in [6.45, 7) is 0.779. The summed E-state index contributed by atoms with van der Waals surface area (Å²) in [5.41, 5.74) is 0. The first-order valence-electron chi connectivity index (χ1n) is 8.07. The second-order valence-electron chi connectivity index (χ2n) is 6.02. The van der Waals surface area contributed by atoms with Crippen molar-refractivity contribution < 1.29 is 23.4 Å². The summed E-state index contributed by atoms with van der Waals surface area (Å²) >= 11 is 0. The second-order valence-corrected chi connectivity index (χ2v) is 6.02. The topological polar surface area (TPSA) is 58.6 Å². The SMILES string of the molecule is O=C(CCCOc1ccc(F)cc1F)NCC1CCCC(O)C1. The number of nitrogens with one attached hydrogen (secondary N) is 1. The second kappa shape index (κ2) is 8.82. The largest absolute Gasteiger partial charge is 0.491 e. The lowest BCUT2D eigenvalue weighted by Crippen LogP contribution is -2.33. The lowest BCUT2D eigenvalue weighted by molar-refractivity contribution is -0.121. The van der Waals surface area contributed by atoms with Gasteiger partial charge in [0.25, 0.3) is 0 Å². The highest BCUT2D eigenvalue weighted by Gasteiger charge is 2.20. The van der Waals surface area contributed by atoms with Crippen molar-refractivity contribution in [1.82, 2.24) is 5.32 Å². The maximum atomic E-state index is 13.3. The molecule has 0 spiro atoms. The molecule has 1 aromatic rings. The molecule has 0 bridgehead atoms. The maximum Gasteiger partial charge on any atom is 0.220 e. The van der Waals surface area contributed by atoms with Crippen molar-refractivity contribution in [3.05, 3.63) is 29.8 Å². The Kier molecular flexibility index (Phi) is 6.77. The van der Waals surface area contributed by atoms with Gasteiger partial charge in [0.15, 0.2) is 11.6 Å². The van der Waals surface area contributed by atoms with Gasteiger partial charge in [-0.05, 0) is 43.7 Å². The summed E-state index contributed by atoms with van der Waals surface area (Å²) in [4.78, 5) is 11.7. The molecule has 23 heavy (non-hydrogen) atoms. The van der Waals surface area contributed by atoms with Crippen molar-refractivity contribution in [2.45, 2.75) is 44.6 Å². The molecule has 1 amide bonds. The Balaban J connectivity index is 1.59. The van der Waals surface area contributed by atoms with Crippen LogP contribution in [0.2, 0.25) is 0 Å². The summed E-state index contributed by atoms with van der Waals surface area (Å²) in [6.07, 6.45) is 4.12. The highest BCUT2D eigenvalue weighted by molar-refractivity contribution is 5.75. The van der Waals surface area contributed by atoms with Crippen molar-refractivity contribution in [1.29, 1.82) is 0 Å². The van der Waals surface area contributed by atoms with Crippen LogP contribution in [0.25, 0.3) is 0 Å². The van der Waals surface area contributed by atoms with Gasteiger partial charge < -0.3 is 15.2 Å². The zero-order valence-electron chi connectivity index (χ0n) is 13.1. The van der Waals surface area contributed by atoms with Crippen LogP contribution in [0.1, 0.15) is 38.5 Å². The van der Waals surface area contributed by atoms with Gasteiger partial charge in [0, 0.05) is 19.0 Å². The number of amides is 1. The van der Waals surface area contributed by atoms with E-state index < -0.39 is 11.6 Å². The van der Waals surface area contributed by atoms with E-state index in [-0.39, 0.29) is 30.8 Å². The van der Waals surface area contributed by atoms with Crippen LogP contribution in [0, 0.1) is 17.6 Å². The number of rotatable bonds is 7. The number of carbonyl (C=O) groups is 1. The zero-order chi connectivity index (χ0) is 16.7. The van der Waals surface area contributed by atoms with Crippen LogP contribution in [0.3, 0.4) is 0 Å². The van der Waals surface area contributed by atoms with Gasteiger partial charge in [0.05, 0.1) is 12.7 Å². The first-order valence-corrected chi connectivity index (χ1v) is 8.07. The molecule has 6 heteroatoms. The highest BCUT2D eigenvalue weighted by Crippen LogP contribution is 2.23.